The molecule has 0 fully saturated rings. The highest BCUT2D eigenvalue weighted by molar-refractivity contribution is 7.85. The van der Waals surface area contributed by atoms with Crippen molar-refractivity contribution in [3.8, 4) is 5.75 Å². The van der Waals surface area contributed by atoms with Crippen LogP contribution in [0.4, 0.5) is 11.4 Å². The molecule has 17 heavy (non-hydrogen) atoms. The molecule has 1 unspecified atom stereocenters. The monoisotopic (exact) mass is 265 g/mol. The fourth-order valence-electron chi connectivity index (χ4n) is 1.79. The summed E-state index contributed by atoms with van der Waals surface area (Å²) < 4.78 is 12.3. The molecule has 1 aliphatic heterocycles. The van der Waals surface area contributed by atoms with Gasteiger partial charge in [-0.2, -0.15) is 0 Å². The molecule has 0 aliphatic carbocycles. The number of halogens is 1. The summed E-state index contributed by atoms with van der Waals surface area (Å²) in [7, 11) is -1.29. The second-order valence-corrected chi connectivity index (χ2v) is 5.57. The number of phenols is 1. The van der Waals surface area contributed by atoms with Crippen LogP contribution in [0.5, 0.6) is 5.75 Å². The number of rotatable bonds is 0. The van der Waals surface area contributed by atoms with Crippen molar-refractivity contribution in [2.45, 2.75) is 9.79 Å². The quantitative estimate of drug-likeness (QED) is 0.614. The predicted octanol–water partition coefficient (Wildman–Crippen LogP) is 3.27. The van der Waals surface area contributed by atoms with Gasteiger partial charge in [-0.1, -0.05) is 11.6 Å². The van der Waals surface area contributed by atoms with Crippen LogP contribution in [0.15, 0.2) is 46.2 Å². The van der Waals surface area contributed by atoms with Crippen LogP contribution in [0.25, 0.3) is 0 Å². The summed E-state index contributed by atoms with van der Waals surface area (Å²) in [6, 6.07) is 9.94. The van der Waals surface area contributed by atoms with Crippen molar-refractivity contribution in [1.29, 1.82) is 0 Å². The first-order chi connectivity index (χ1) is 8.15. The SMILES string of the molecule is O=S1c2ccc(Cl)cc2Nc2ccc(O)cc21. The molecule has 0 saturated carbocycles. The van der Waals surface area contributed by atoms with Gasteiger partial charge in [0.05, 0.1) is 32.0 Å². The molecular formula is C12H8ClNO2S. The predicted molar refractivity (Wildman–Crippen MR) is 67.5 cm³/mol. The third-order valence-corrected chi connectivity index (χ3v) is 4.30. The van der Waals surface area contributed by atoms with E-state index in [1.807, 2.05) is 0 Å². The van der Waals surface area contributed by atoms with Crippen molar-refractivity contribution in [1.82, 2.24) is 0 Å². The molecule has 2 aromatic rings. The average Bonchev–Trinajstić information content (AvgIpc) is 2.30. The van der Waals surface area contributed by atoms with Crippen molar-refractivity contribution < 1.29 is 9.32 Å². The van der Waals surface area contributed by atoms with E-state index in [9.17, 15) is 9.32 Å². The van der Waals surface area contributed by atoms with Crippen molar-refractivity contribution in [3.05, 3.63) is 41.4 Å². The van der Waals surface area contributed by atoms with E-state index in [-0.39, 0.29) is 5.75 Å². The fourth-order valence-corrected chi connectivity index (χ4v) is 3.25. The van der Waals surface area contributed by atoms with E-state index in [1.165, 1.54) is 6.07 Å². The lowest BCUT2D eigenvalue weighted by Crippen LogP contribution is -2.08. The van der Waals surface area contributed by atoms with Gasteiger partial charge in [0.15, 0.2) is 0 Å². The molecule has 0 amide bonds. The van der Waals surface area contributed by atoms with Gasteiger partial charge in [0.1, 0.15) is 5.75 Å². The summed E-state index contributed by atoms with van der Waals surface area (Å²) >= 11 is 5.90. The van der Waals surface area contributed by atoms with Gasteiger partial charge in [-0.15, -0.1) is 0 Å². The number of aromatic hydroxyl groups is 1. The van der Waals surface area contributed by atoms with Crippen LogP contribution in [0.1, 0.15) is 0 Å². The molecule has 2 aromatic carbocycles. The molecule has 3 rings (SSSR count). The maximum atomic E-state index is 12.3. The van der Waals surface area contributed by atoms with Crippen LogP contribution in [0.3, 0.4) is 0 Å². The second kappa shape index (κ2) is 3.75. The Labute approximate surface area is 106 Å². The first-order valence-electron chi connectivity index (χ1n) is 4.96. The Morgan fingerprint density at radius 1 is 1.06 bits per heavy atom. The zero-order valence-electron chi connectivity index (χ0n) is 8.61. The van der Waals surface area contributed by atoms with Crippen LogP contribution >= 0.6 is 11.6 Å². The highest BCUT2D eigenvalue weighted by atomic mass is 35.5. The zero-order valence-corrected chi connectivity index (χ0v) is 10.2. The number of hydrogen-bond acceptors (Lipinski definition) is 3. The first kappa shape index (κ1) is 10.6. The van der Waals surface area contributed by atoms with Crippen molar-refractivity contribution >= 4 is 33.8 Å². The Balaban J connectivity index is 2.21. The minimum Gasteiger partial charge on any atom is -0.508 e. The van der Waals surface area contributed by atoms with Crippen LogP contribution in [-0.2, 0) is 10.8 Å². The number of phenolic OH excluding ortho intramolecular Hbond substituents is 1. The molecule has 2 N–H and O–H groups in total. The average molecular weight is 266 g/mol. The molecule has 0 radical (unpaired) electrons. The lowest BCUT2D eigenvalue weighted by molar-refractivity contribution is 0.473. The van der Waals surface area contributed by atoms with Crippen molar-refractivity contribution in [2.24, 2.45) is 0 Å². The number of hydrogen-bond donors (Lipinski definition) is 2. The summed E-state index contributed by atoms with van der Waals surface area (Å²) in [5.74, 6) is 0.108. The number of nitrogens with one attached hydrogen (secondary N) is 1. The van der Waals surface area contributed by atoms with Crippen LogP contribution in [-0.4, -0.2) is 9.32 Å². The molecule has 3 nitrogen and oxygen atoms in total. The van der Waals surface area contributed by atoms with Gasteiger partial charge in [0.25, 0.3) is 0 Å². The molecule has 5 heteroatoms. The van der Waals surface area contributed by atoms with Gasteiger partial charge < -0.3 is 10.4 Å². The van der Waals surface area contributed by atoms with E-state index in [0.717, 1.165) is 11.4 Å². The van der Waals surface area contributed by atoms with E-state index in [4.69, 9.17) is 11.6 Å². The Kier molecular flexibility index (Phi) is 2.34. The Morgan fingerprint density at radius 2 is 1.88 bits per heavy atom. The molecule has 1 atom stereocenters. The lowest BCUT2D eigenvalue weighted by Gasteiger charge is -2.20. The Hall–Kier alpha value is -1.52. The normalized spacial score (nSPS) is 16.9. The zero-order chi connectivity index (χ0) is 12.0. The van der Waals surface area contributed by atoms with Crippen molar-refractivity contribution in [3.63, 3.8) is 0 Å². The highest BCUT2D eigenvalue weighted by Gasteiger charge is 2.22. The molecule has 0 saturated heterocycles. The summed E-state index contributed by atoms with van der Waals surface area (Å²) in [6.45, 7) is 0. The third-order valence-electron chi connectivity index (χ3n) is 2.58. The van der Waals surface area contributed by atoms with Gasteiger partial charge in [-0.05, 0) is 36.4 Å². The van der Waals surface area contributed by atoms with Crippen LogP contribution in [0, 0.1) is 0 Å². The molecule has 86 valence electrons. The van der Waals surface area contributed by atoms with Gasteiger partial charge in [0, 0.05) is 5.02 Å². The molecule has 1 aliphatic rings. The molecule has 1 heterocycles. The summed E-state index contributed by atoms with van der Waals surface area (Å²) in [5, 5.41) is 13.2. The molecule has 0 spiro atoms. The van der Waals surface area contributed by atoms with E-state index < -0.39 is 10.8 Å². The van der Waals surface area contributed by atoms with Gasteiger partial charge in [0.2, 0.25) is 0 Å². The lowest BCUT2D eigenvalue weighted by atomic mass is 10.2. The fraction of sp³-hybridized carbons (Fsp3) is 0. The van der Waals surface area contributed by atoms with Gasteiger partial charge in [-0.25, -0.2) is 4.21 Å². The molecule has 0 aromatic heterocycles. The maximum absolute atomic E-state index is 12.3. The first-order valence-corrected chi connectivity index (χ1v) is 6.49. The smallest absolute Gasteiger partial charge is 0.116 e. The van der Waals surface area contributed by atoms with Crippen molar-refractivity contribution in [2.75, 3.05) is 5.32 Å². The largest absolute Gasteiger partial charge is 0.508 e. The Morgan fingerprint density at radius 3 is 2.71 bits per heavy atom. The number of anilines is 2. The second-order valence-electron chi connectivity index (χ2n) is 3.71. The standard InChI is InChI=1S/C12H8ClNO2S/c13-7-1-4-11-10(5-7)14-9-3-2-8(15)6-12(9)17(11)16/h1-6,14-15H. The summed E-state index contributed by atoms with van der Waals surface area (Å²) in [5.41, 5.74) is 1.48. The van der Waals surface area contributed by atoms with E-state index in [1.54, 1.807) is 30.3 Å². The van der Waals surface area contributed by atoms with Crippen LogP contribution in [0.2, 0.25) is 5.02 Å². The number of benzene rings is 2. The van der Waals surface area contributed by atoms with E-state index >= 15 is 0 Å². The summed E-state index contributed by atoms with van der Waals surface area (Å²) in [4.78, 5) is 1.26. The minimum atomic E-state index is -1.29. The van der Waals surface area contributed by atoms with Crippen LogP contribution < -0.4 is 5.32 Å². The van der Waals surface area contributed by atoms with E-state index in [0.29, 0.717) is 14.8 Å². The van der Waals surface area contributed by atoms with Gasteiger partial charge >= 0.3 is 0 Å². The topological polar surface area (TPSA) is 49.3 Å². The molecular weight excluding hydrogens is 258 g/mol. The minimum absolute atomic E-state index is 0.108. The molecule has 0 bridgehead atoms. The third kappa shape index (κ3) is 1.69. The number of fused-ring (bicyclic) bond motifs is 2. The maximum Gasteiger partial charge on any atom is 0.116 e. The van der Waals surface area contributed by atoms with E-state index in [2.05, 4.69) is 5.32 Å². The Bertz CT molecular complexity index is 642. The summed E-state index contributed by atoms with van der Waals surface area (Å²) in [6.07, 6.45) is 0. The highest BCUT2D eigenvalue weighted by Crippen LogP contribution is 2.39. The van der Waals surface area contributed by atoms with Gasteiger partial charge in [-0.3, -0.25) is 0 Å².